The quantitative estimate of drug-likeness (QED) is 0.818. The van der Waals surface area contributed by atoms with E-state index < -0.39 is 0 Å². The van der Waals surface area contributed by atoms with Gasteiger partial charge >= 0.3 is 0 Å². The Balaban J connectivity index is 2.28. The van der Waals surface area contributed by atoms with Gasteiger partial charge in [0.1, 0.15) is 0 Å². The molecular formula is C13H19NO3. The molecule has 4 nitrogen and oxygen atoms in total. The molecule has 0 saturated heterocycles. The van der Waals surface area contributed by atoms with Crippen molar-refractivity contribution in [3.63, 3.8) is 0 Å². The molecule has 0 amide bonds. The fourth-order valence-electron chi connectivity index (χ4n) is 2.11. The highest BCUT2D eigenvalue weighted by atomic mass is 16.5. The van der Waals surface area contributed by atoms with E-state index in [1.807, 2.05) is 19.2 Å². The molecule has 1 aliphatic carbocycles. The Morgan fingerprint density at radius 3 is 2.12 bits per heavy atom. The lowest BCUT2D eigenvalue weighted by molar-refractivity contribution is 0.338. The number of nitrogens with one attached hydrogen (secondary N) is 1. The fraction of sp³-hybridized carbons (Fsp3) is 0.538. The zero-order valence-corrected chi connectivity index (χ0v) is 10.5. The van der Waals surface area contributed by atoms with E-state index in [2.05, 4.69) is 5.32 Å². The molecule has 2 N–H and O–H groups in total. The van der Waals surface area contributed by atoms with Crippen molar-refractivity contribution < 1.29 is 14.6 Å². The van der Waals surface area contributed by atoms with Gasteiger partial charge in [-0.15, -0.1) is 0 Å². The highest BCUT2D eigenvalue weighted by Gasteiger charge is 2.41. The van der Waals surface area contributed by atoms with Crippen LogP contribution in [-0.4, -0.2) is 31.9 Å². The molecule has 17 heavy (non-hydrogen) atoms. The lowest BCUT2D eigenvalue weighted by Crippen LogP contribution is -2.29. The number of aromatic hydroxyl groups is 1. The molecule has 1 fully saturated rings. The molecule has 1 aromatic carbocycles. The Labute approximate surface area is 102 Å². The van der Waals surface area contributed by atoms with Crippen LogP contribution in [-0.2, 0) is 6.42 Å². The number of hydrogen-bond donors (Lipinski definition) is 2. The molecular weight excluding hydrogens is 218 g/mol. The summed E-state index contributed by atoms with van der Waals surface area (Å²) in [6.45, 7) is 0. The lowest BCUT2D eigenvalue weighted by Gasteiger charge is -2.16. The number of phenols is 1. The van der Waals surface area contributed by atoms with Gasteiger partial charge in [-0.05, 0) is 44.0 Å². The van der Waals surface area contributed by atoms with Crippen LogP contribution in [0.5, 0.6) is 17.2 Å². The van der Waals surface area contributed by atoms with Gasteiger partial charge in [0.25, 0.3) is 0 Å². The molecule has 0 bridgehead atoms. The molecule has 1 aromatic rings. The van der Waals surface area contributed by atoms with Crippen molar-refractivity contribution in [3.8, 4) is 17.2 Å². The van der Waals surface area contributed by atoms with Gasteiger partial charge in [-0.3, -0.25) is 0 Å². The van der Waals surface area contributed by atoms with Gasteiger partial charge in [0.2, 0.25) is 5.75 Å². The summed E-state index contributed by atoms with van der Waals surface area (Å²) in [4.78, 5) is 0. The third kappa shape index (κ3) is 2.31. The van der Waals surface area contributed by atoms with Crippen LogP contribution in [0.2, 0.25) is 0 Å². The van der Waals surface area contributed by atoms with Gasteiger partial charge in [0.15, 0.2) is 11.5 Å². The van der Waals surface area contributed by atoms with E-state index >= 15 is 0 Å². The SMILES string of the molecule is CNC1(Cc2cc(OC)c(O)c(OC)c2)CC1. The lowest BCUT2D eigenvalue weighted by atomic mass is 10.0. The van der Waals surface area contributed by atoms with Gasteiger partial charge in [0.05, 0.1) is 14.2 Å². The molecule has 1 aliphatic rings. The summed E-state index contributed by atoms with van der Waals surface area (Å²) >= 11 is 0. The van der Waals surface area contributed by atoms with E-state index in [0.29, 0.717) is 11.5 Å². The second kappa shape index (κ2) is 4.45. The smallest absolute Gasteiger partial charge is 0.200 e. The first-order chi connectivity index (χ1) is 8.14. The summed E-state index contributed by atoms with van der Waals surface area (Å²) in [6, 6.07) is 3.74. The molecule has 0 aromatic heterocycles. The largest absolute Gasteiger partial charge is 0.502 e. The Morgan fingerprint density at radius 1 is 1.24 bits per heavy atom. The number of benzene rings is 1. The number of methoxy groups -OCH3 is 2. The maximum absolute atomic E-state index is 9.82. The van der Waals surface area contributed by atoms with Crippen LogP contribution in [0.15, 0.2) is 12.1 Å². The van der Waals surface area contributed by atoms with Crippen molar-refractivity contribution in [2.24, 2.45) is 0 Å². The first-order valence-corrected chi connectivity index (χ1v) is 5.77. The standard InChI is InChI=1S/C13H19NO3/c1-14-13(4-5-13)8-9-6-10(16-2)12(15)11(7-9)17-3/h6-7,14-15H,4-5,8H2,1-3H3. The molecule has 0 atom stereocenters. The van der Waals surface area contributed by atoms with E-state index in [1.165, 1.54) is 12.8 Å². The minimum absolute atomic E-state index is 0.0630. The van der Waals surface area contributed by atoms with Crippen LogP contribution in [0.25, 0.3) is 0 Å². The summed E-state index contributed by atoms with van der Waals surface area (Å²) < 4.78 is 10.3. The molecule has 0 unspecified atom stereocenters. The predicted octanol–water partition coefficient (Wildman–Crippen LogP) is 1.70. The summed E-state index contributed by atoms with van der Waals surface area (Å²) in [5.74, 6) is 0.991. The second-order valence-electron chi connectivity index (χ2n) is 4.56. The molecule has 4 heteroatoms. The highest BCUT2D eigenvalue weighted by molar-refractivity contribution is 5.53. The van der Waals surface area contributed by atoms with Crippen molar-refractivity contribution in [3.05, 3.63) is 17.7 Å². The number of rotatable bonds is 5. The average molecular weight is 237 g/mol. The van der Waals surface area contributed by atoms with E-state index in [0.717, 1.165) is 12.0 Å². The minimum atomic E-state index is 0.0630. The Bertz CT molecular complexity index is 388. The first kappa shape index (κ1) is 12.0. The maximum Gasteiger partial charge on any atom is 0.200 e. The number of hydrogen-bond acceptors (Lipinski definition) is 4. The summed E-state index contributed by atoms with van der Waals surface area (Å²) in [5, 5.41) is 13.2. The van der Waals surface area contributed by atoms with Gasteiger partial charge in [0, 0.05) is 5.54 Å². The van der Waals surface area contributed by atoms with Crippen molar-refractivity contribution in [2.45, 2.75) is 24.8 Å². The number of ether oxygens (including phenoxy) is 2. The maximum atomic E-state index is 9.82. The van der Waals surface area contributed by atoms with Crippen LogP contribution in [0.3, 0.4) is 0 Å². The van der Waals surface area contributed by atoms with E-state index in [4.69, 9.17) is 9.47 Å². The minimum Gasteiger partial charge on any atom is -0.502 e. The van der Waals surface area contributed by atoms with Crippen LogP contribution >= 0.6 is 0 Å². The van der Waals surface area contributed by atoms with Crippen molar-refractivity contribution in [2.75, 3.05) is 21.3 Å². The topological polar surface area (TPSA) is 50.7 Å². The van der Waals surface area contributed by atoms with E-state index in [1.54, 1.807) is 14.2 Å². The number of likely N-dealkylation sites (N-methyl/N-ethyl adjacent to an activating group) is 1. The predicted molar refractivity (Wildman–Crippen MR) is 65.9 cm³/mol. The average Bonchev–Trinajstić information content (AvgIpc) is 3.11. The molecule has 0 aliphatic heterocycles. The van der Waals surface area contributed by atoms with E-state index in [9.17, 15) is 5.11 Å². The summed E-state index contributed by atoms with van der Waals surface area (Å²) in [5.41, 5.74) is 1.34. The Hall–Kier alpha value is -1.42. The summed E-state index contributed by atoms with van der Waals surface area (Å²) in [6.07, 6.45) is 3.31. The Morgan fingerprint density at radius 2 is 1.76 bits per heavy atom. The monoisotopic (exact) mass is 237 g/mol. The Kier molecular flexibility index (Phi) is 3.15. The molecule has 1 saturated carbocycles. The molecule has 94 valence electrons. The van der Waals surface area contributed by atoms with Crippen LogP contribution in [0, 0.1) is 0 Å². The van der Waals surface area contributed by atoms with Crippen LogP contribution in [0.1, 0.15) is 18.4 Å². The molecule has 0 radical (unpaired) electrons. The highest BCUT2D eigenvalue weighted by Crippen LogP contribution is 2.42. The zero-order chi connectivity index (χ0) is 12.5. The van der Waals surface area contributed by atoms with Crippen molar-refractivity contribution in [1.29, 1.82) is 0 Å². The normalized spacial score (nSPS) is 16.6. The van der Waals surface area contributed by atoms with Crippen molar-refractivity contribution >= 4 is 0 Å². The number of phenolic OH excluding ortho intramolecular Hbond substituents is 1. The zero-order valence-electron chi connectivity index (χ0n) is 10.5. The fourth-order valence-corrected chi connectivity index (χ4v) is 2.11. The summed E-state index contributed by atoms with van der Waals surface area (Å²) in [7, 11) is 5.08. The van der Waals surface area contributed by atoms with Crippen LogP contribution < -0.4 is 14.8 Å². The van der Waals surface area contributed by atoms with Gasteiger partial charge in [-0.1, -0.05) is 0 Å². The molecule has 0 spiro atoms. The van der Waals surface area contributed by atoms with Gasteiger partial charge in [-0.2, -0.15) is 0 Å². The van der Waals surface area contributed by atoms with Crippen molar-refractivity contribution in [1.82, 2.24) is 5.32 Å². The first-order valence-electron chi connectivity index (χ1n) is 5.77. The molecule has 2 rings (SSSR count). The third-order valence-corrected chi connectivity index (χ3v) is 3.47. The van der Waals surface area contributed by atoms with Gasteiger partial charge < -0.3 is 19.9 Å². The third-order valence-electron chi connectivity index (χ3n) is 3.47. The van der Waals surface area contributed by atoms with E-state index in [-0.39, 0.29) is 11.3 Å². The van der Waals surface area contributed by atoms with Crippen LogP contribution in [0.4, 0.5) is 0 Å². The second-order valence-corrected chi connectivity index (χ2v) is 4.56. The van der Waals surface area contributed by atoms with Gasteiger partial charge in [-0.25, -0.2) is 0 Å². The molecule has 0 heterocycles.